The second kappa shape index (κ2) is 8.81. The Hall–Kier alpha value is -1.97. The van der Waals surface area contributed by atoms with Crippen LogP contribution in [0.2, 0.25) is 0 Å². The Morgan fingerprint density at radius 2 is 1.96 bits per heavy atom. The maximum absolute atomic E-state index is 13.0. The summed E-state index contributed by atoms with van der Waals surface area (Å²) in [5, 5.41) is 8.92. The number of ether oxygens (including phenoxy) is 1. The van der Waals surface area contributed by atoms with E-state index in [-0.39, 0.29) is 30.4 Å². The number of hydrogen-bond donors (Lipinski definition) is 1. The summed E-state index contributed by atoms with van der Waals surface area (Å²) in [6.07, 6.45) is -0.748. The van der Waals surface area contributed by atoms with Crippen molar-refractivity contribution in [3.8, 4) is 0 Å². The lowest BCUT2D eigenvalue weighted by Crippen LogP contribution is -2.46. The molecule has 0 bridgehead atoms. The summed E-state index contributed by atoms with van der Waals surface area (Å²) in [6.45, 7) is 6.71. The summed E-state index contributed by atoms with van der Waals surface area (Å²) in [4.78, 5) is 25.4. The van der Waals surface area contributed by atoms with Gasteiger partial charge in [0, 0.05) is 31.7 Å². The van der Waals surface area contributed by atoms with E-state index >= 15 is 0 Å². The van der Waals surface area contributed by atoms with Gasteiger partial charge in [0.15, 0.2) is 0 Å². The van der Waals surface area contributed by atoms with E-state index in [1.165, 1.54) is 21.3 Å². The quantitative estimate of drug-likeness (QED) is 0.743. The summed E-state index contributed by atoms with van der Waals surface area (Å²) >= 11 is 0. The fourth-order valence-electron chi connectivity index (χ4n) is 3.10. The second-order valence-corrected chi connectivity index (χ2v) is 8.35. The average molecular weight is 398 g/mol. The number of rotatable bonds is 7. The molecular formula is C18H26N2O6S. The van der Waals surface area contributed by atoms with Crippen molar-refractivity contribution in [2.45, 2.75) is 38.2 Å². The molecule has 0 saturated carbocycles. The van der Waals surface area contributed by atoms with Crippen molar-refractivity contribution in [2.75, 3.05) is 32.8 Å². The van der Waals surface area contributed by atoms with Gasteiger partial charge < -0.3 is 14.7 Å². The molecule has 1 aliphatic rings. The number of amides is 1. The number of carbonyl (C=O) groups excluding carboxylic acids is 1. The lowest BCUT2D eigenvalue weighted by atomic mass is 10.1. The first kappa shape index (κ1) is 21.3. The molecule has 0 spiro atoms. The van der Waals surface area contributed by atoms with Gasteiger partial charge in [-0.3, -0.25) is 9.59 Å². The van der Waals surface area contributed by atoms with E-state index in [0.29, 0.717) is 30.8 Å². The molecule has 1 unspecified atom stereocenters. The topological polar surface area (TPSA) is 104 Å². The minimum absolute atomic E-state index is 0.0792. The second-order valence-electron chi connectivity index (χ2n) is 6.41. The normalized spacial score (nSPS) is 17.9. The van der Waals surface area contributed by atoms with Crippen molar-refractivity contribution in [3.63, 3.8) is 0 Å². The summed E-state index contributed by atoms with van der Waals surface area (Å²) in [7, 11) is -3.67. The van der Waals surface area contributed by atoms with Crippen LogP contribution in [0.4, 0.5) is 0 Å². The van der Waals surface area contributed by atoms with E-state index in [4.69, 9.17) is 9.84 Å². The number of carboxylic acid groups (broad SMARTS) is 1. The number of benzene rings is 1. The molecule has 1 fully saturated rings. The molecule has 1 aromatic carbocycles. The van der Waals surface area contributed by atoms with Crippen LogP contribution in [0.25, 0.3) is 0 Å². The molecule has 9 heteroatoms. The first-order valence-corrected chi connectivity index (χ1v) is 10.4. The summed E-state index contributed by atoms with van der Waals surface area (Å²) in [5.41, 5.74) is 0.971. The first-order chi connectivity index (χ1) is 12.7. The predicted octanol–water partition coefficient (Wildman–Crippen LogP) is 1.34. The molecule has 8 nitrogen and oxygen atoms in total. The van der Waals surface area contributed by atoms with E-state index < -0.39 is 22.1 Å². The number of hydrogen-bond acceptors (Lipinski definition) is 5. The Balaban J connectivity index is 2.30. The van der Waals surface area contributed by atoms with E-state index in [1.807, 2.05) is 0 Å². The zero-order valence-corrected chi connectivity index (χ0v) is 16.7. The minimum Gasteiger partial charge on any atom is -0.481 e. The van der Waals surface area contributed by atoms with Gasteiger partial charge in [0.25, 0.3) is 5.91 Å². The van der Waals surface area contributed by atoms with Crippen LogP contribution in [0.1, 0.15) is 36.2 Å². The third-order valence-electron chi connectivity index (χ3n) is 4.61. The lowest BCUT2D eigenvalue weighted by Gasteiger charge is -2.32. The van der Waals surface area contributed by atoms with Gasteiger partial charge in [-0.15, -0.1) is 0 Å². The Morgan fingerprint density at radius 1 is 1.30 bits per heavy atom. The summed E-state index contributed by atoms with van der Waals surface area (Å²) in [6, 6.07) is 4.54. The third kappa shape index (κ3) is 4.85. The van der Waals surface area contributed by atoms with Crippen molar-refractivity contribution in [1.29, 1.82) is 0 Å². The zero-order chi connectivity index (χ0) is 20.2. The molecule has 1 N–H and O–H groups in total. The van der Waals surface area contributed by atoms with Gasteiger partial charge >= 0.3 is 5.97 Å². The minimum atomic E-state index is -3.67. The van der Waals surface area contributed by atoms with Gasteiger partial charge in [-0.1, -0.05) is 19.9 Å². The number of sulfonamides is 1. The van der Waals surface area contributed by atoms with E-state index in [2.05, 4.69) is 0 Å². The SMILES string of the molecule is CCN(CC)S(=O)(=O)c1ccc(C)c(C(=O)N2CCOC(CC(=O)O)C2)c1. The van der Waals surface area contributed by atoms with Gasteiger partial charge in [0.1, 0.15) is 0 Å². The van der Waals surface area contributed by atoms with Crippen molar-refractivity contribution < 1.29 is 27.9 Å². The Bertz CT molecular complexity index is 804. The van der Waals surface area contributed by atoms with Crippen LogP contribution in [0.5, 0.6) is 0 Å². The summed E-state index contributed by atoms with van der Waals surface area (Å²) in [5.74, 6) is -1.31. The maximum atomic E-state index is 13.0. The number of aliphatic carboxylic acids is 1. The highest BCUT2D eigenvalue weighted by Crippen LogP contribution is 2.22. The molecule has 1 aromatic rings. The van der Waals surface area contributed by atoms with Crippen LogP contribution in [0, 0.1) is 6.92 Å². The zero-order valence-electron chi connectivity index (χ0n) is 15.8. The first-order valence-electron chi connectivity index (χ1n) is 8.94. The Kier molecular flexibility index (Phi) is 6.96. The predicted molar refractivity (Wildman–Crippen MR) is 99.2 cm³/mol. The van der Waals surface area contributed by atoms with Crippen LogP contribution >= 0.6 is 0 Å². The smallest absolute Gasteiger partial charge is 0.306 e. The van der Waals surface area contributed by atoms with Crippen molar-refractivity contribution in [1.82, 2.24) is 9.21 Å². The Labute approximate surface area is 159 Å². The van der Waals surface area contributed by atoms with Crippen molar-refractivity contribution in [2.24, 2.45) is 0 Å². The standard InChI is InChI=1S/C18H26N2O6S/c1-4-20(5-2)27(24,25)15-7-6-13(3)16(11-15)18(23)19-8-9-26-14(12-19)10-17(21)22/h6-7,11,14H,4-5,8-10,12H2,1-3H3,(H,21,22). The van der Waals surface area contributed by atoms with Gasteiger partial charge in [-0.05, 0) is 24.6 Å². The lowest BCUT2D eigenvalue weighted by molar-refractivity contribution is -0.141. The Morgan fingerprint density at radius 3 is 2.56 bits per heavy atom. The highest BCUT2D eigenvalue weighted by molar-refractivity contribution is 7.89. The fourth-order valence-corrected chi connectivity index (χ4v) is 4.58. The third-order valence-corrected chi connectivity index (χ3v) is 6.66. The molecule has 1 saturated heterocycles. The number of nitrogens with zero attached hydrogens (tertiary/aromatic N) is 2. The van der Waals surface area contributed by atoms with Crippen molar-refractivity contribution in [3.05, 3.63) is 29.3 Å². The fraction of sp³-hybridized carbons (Fsp3) is 0.556. The van der Waals surface area contributed by atoms with Gasteiger partial charge in [-0.25, -0.2) is 8.42 Å². The largest absolute Gasteiger partial charge is 0.481 e. The van der Waals surface area contributed by atoms with Crippen LogP contribution in [-0.2, 0) is 19.6 Å². The molecule has 0 aliphatic carbocycles. The molecule has 1 aliphatic heterocycles. The van der Waals surface area contributed by atoms with Gasteiger partial charge in [0.2, 0.25) is 10.0 Å². The number of carbonyl (C=O) groups is 2. The number of carboxylic acids is 1. The monoisotopic (exact) mass is 398 g/mol. The molecule has 0 radical (unpaired) electrons. The van der Waals surface area contributed by atoms with Crippen LogP contribution in [0.15, 0.2) is 23.1 Å². The van der Waals surface area contributed by atoms with E-state index in [0.717, 1.165) is 0 Å². The molecule has 150 valence electrons. The van der Waals surface area contributed by atoms with Gasteiger partial charge in [0.05, 0.1) is 24.0 Å². The summed E-state index contributed by atoms with van der Waals surface area (Å²) < 4.78 is 32.2. The number of morpholine rings is 1. The number of aryl methyl sites for hydroxylation is 1. The molecular weight excluding hydrogens is 372 g/mol. The van der Waals surface area contributed by atoms with Crippen LogP contribution in [0.3, 0.4) is 0 Å². The molecule has 1 amide bonds. The molecule has 1 atom stereocenters. The highest BCUT2D eigenvalue weighted by Gasteiger charge is 2.29. The van der Waals surface area contributed by atoms with Crippen molar-refractivity contribution >= 4 is 21.9 Å². The van der Waals surface area contributed by atoms with E-state index in [9.17, 15) is 18.0 Å². The maximum Gasteiger partial charge on any atom is 0.306 e. The molecule has 2 rings (SSSR count). The van der Waals surface area contributed by atoms with Gasteiger partial charge in [-0.2, -0.15) is 4.31 Å². The van der Waals surface area contributed by atoms with Crippen LogP contribution in [-0.4, -0.2) is 73.5 Å². The average Bonchev–Trinajstić information content (AvgIpc) is 2.62. The highest BCUT2D eigenvalue weighted by atomic mass is 32.2. The molecule has 0 aromatic heterocycles. The van der Waals surface area contributed by atoms with E-state index in [1.54, 1.807) is 26.8 Å². The van der Waals surface area contributed by atoms with Crippen LogP contribution < -0.4 is 0 Å². The molecule has 1 heterocycles. The molecule has 27 heavy (non-hydrogen) atoms.